The number of fused-ring (bicyclic) bond motifs is 1. The highest BCUT2D eigenvalue weighted by molar-refractivity contribution is 6.01. The molecule has 1 aliphatic heterocycles. The zero-order chi connectivity index (χ0) is 22.7. The van der Waals surface area contributed by atoms with Crippen LogP contribution in [0.1, 0.15) is 24.0 Å². The third-order valence-electron chi connectivity index (χ3n) is 6.12. The van der Waals surface area contributed by atoms with Crippen LogP contribution < -0.4 is 9.47 Å². The van der Waals surface area contributed by atoms with Gasteiger partial charge in [-0.3, -0.25) is 9.69 Å². The average molecular weight is 438 g/mol. The van der Waals surface area contributed by atoms with Gasteiger partial charge >= 0.3 is 5.97 Å². The number of aryl methyl sites for hydroxylation is 1. The van der Waals surface area contributed by atoms with Crippen LogP contribution in [0.4, 0.5) is 4.39 Å². The van der Waals surface area contributed by atoms with E-state index in [0.717, 1.165) is 45.3 Å². The molecular formula is C26H28FNO4. The Balaban J connectivity index is 1.84. The molecule has 0 spiro atoms. The second-order valence-corrected chi connectivity index (χ2v) is 8.17. The van der Waals surface area contributed by atoms with Crippen LogP contribution in [0.2, 0.25) is 0 Å². The Bertz CT molecular complexity index is 1130. The number of hydrogen-bond acceptors (Lipinski definition) is 4. The van der Waals surface area contributed by atoms with Crippen LogP contribution in [0.3, 0.4) is 0 Å². The second-order valence-electron chi connectivity index (χ2n) is 8.17. The molecule has 0 saturated carbocycles. The predicted octanol–water partition coefficient (Wildman–Crippen LogP) is 5.09. The molecule has 3 aromatic rings. The molecule has 1 heterocycles. The molecule has 0 bridgehead atoms. The summed E-state index contributed by atoms with van der Waals surface area (Å²) in [5, 5.41) is 11.1. The summed E-state index contributed by atoms with van der Waals surface area (Å²) in [6.07, 6.45) is 0.329. The first-order valence-corrected chi connectivity index (χ1v) is 10.8. The molecule has 1 fully saturated rings. The van der Waals surface area contributed by atoms with E-state index in [1.165, 1.54) is 0 Å². The highest BCUT2D eigenvalue weighted by Gasteiger charge is 2.25. The number of halogens is 1. The molecule has 3 aromatic carbocycles. The number of aliphatic carboxylic acids is 1. The molecule has 6 heteroatoms. The van der Waals surface area contributed by atoms with Crippen molar-refractivity contribution in [3.63, 3.8) is 0 Å². The minimum absolute atomic E-state index is 0.0802. The fourth-order valence-corrected chi connectivity index (χ4v) is 4.61. The van der Waals surface area contributed by atoms with Gasteiger partial charge in [-0.2, -0.15) is 0 Å². The van der Waals surface area contributed by atoms with Gasteiger partial charge in [0, 0.05) is 31.6 Å². The minimum Gasteiger partial charge on any atom is -0.496 e. The molecule has 5 nitrogen and oxygen atoms in total. The Morgan fingerprint density at radius 1 is 1.06 bits per heavy atom. The molecule has 1 N–H and O–H groups in total. The maximum Gasteiger partial charge on any atom is 0.303 e. The number of carboxylic acids is 1. The first-order chi connectivity index (χ1) is 15.5. The normalized spacial score (nSPS) is 16.4. The van der Waals surface area contributed by atoms with Crippen molar-refractivity contribution in [3.05, 3.63) is 59.7 Å². The number of rotatable bonds is 8. The number of benzene rings is 3. The van der Waals surface area contributed by atoms with Gasteiger partial charge in [-0.1, -0.05) is 42.5 Å². The lowest BCUT2D eigenvalue weighted by Gasteiger charge is -2.22. The zero-order valence-corrected chi connectivity index (χ0v) is 18.4. The Hall–Kier alpha value is -3.12. The molecule has 1 aliphatic rings. The SMILES string of the molecule is COc1ccc(CN2CCC(F)C2)c(OC)c1-c1cccc2c(CCC(=O)O)cccc12. The largest absolute Gasteiger partial charge is 0.496 e. The third kappa shape index (κ3) is 4.41. The molecule has 1 unspecified atom stereocenters. The van der Waals surface area contributed by atoms with E-state index in [2.05, 4.69) is 4.90 Å². The molecule has 168 valence electrons. The molecule has 0 aliphatic carbocycles. The van der Waals surface area contributed by atoms with Gasteiger partial charge in [0.05, 0.1) is 19.8 Å². The van der Waals surface area contributed by atoms with Gasteiger partial charge < -0.3 is 14.6 Å². The lowest BCUT2D eigenvalue weighted by molar-refractivity contribution is -0.136. The van der Waals surface area contributed by atoms with E-state index in [1.807, 2.05) is 48.5 Å². The topological polar surface area (TPSA) is 59.0 Å². The van der Waals surface area contributed by atoms with Crippen molar-refractivity contribution in [1.29, 1.82) is 0 Å². The Kier molecular flexibility index (Phi) is 6.61. The number of carbonyl (C=O) groups is 1. The Morgan fingerprint density at radius 3 is 2.53 bits per heavy atom. The molecule has 1 atom stereocenters. The van der Waals surface area contributed by atoms with Gasteiger partial charge in [0.25, 0.3) is 0 Å². The van der Waals surface area contributed by atoms with Crippen LogP contribution in [0, 0.1) is 0 Å². The van der Waals surface area contributed by atoms with E-state index in [-0.39, 0.29) is 6.42 Å². The molecule has 32 heavy (non-hydrogen) atoms. The number of alkyl halides is 1. The van der Waals surface area contributed by atoms with Gasteiger partial charge in [0.2, 0.25) is 0 Å². The summed E-state index contributed by atoms with van der Waals surface area (Å²) in [7, 11) is 3.28. The van der Waals surface area contributed by atoms with Crippen molar-refractivity contribution >= 4 is 16.7 Å². The first kappa shape index (κ1) is 22.1. The van der Waals surface area contributed by atoms with Crippen LogP contribution in [0.25, 0.3) is 21.9 Å². The van der Waals surface area contributed by atoms with Crippen molar-refractivity contribution in [3.8, 4) is 22.6 Å². The fraction of sp³-hybridized carbons (Fsp3) is 0.346. The Labute approximate surface area is 187 Å². The maximum atomic E-state index is 13.7. The third-order valence-corrected chi connectivity index (χ3v) is 6.12. The Morgan fingerprint density at radius 2 is 1.84 bits per heavy atom. The number of carboxylic acid groups (broad SMARTS) is 1. The highest BCUT2D eigenvalue weighted by Crippen LogP contribution is 2.44. The zero-order valence-electron chi connectivity index (χ0n) is 18.4. The molecule has 1 saturated heterocycles. The van der Waals surface area contributed by atoms with Gasteiger partial charge in [-0.05, 0) is 40.8 Å². The van der Waals surface area contributed by atoms with E-state index in [0.29, 0.717) is 31.7 Å². The number of ether oxygens (including phenoxy) is 2. The first-order valence-electron chi connectivity index (χ1n) is 10.8. The van der Waals surface area contributed by atoms with Gasteiger partial charge in [0.15, 0.2) is 0 Å². The van der Waals surface area contributed by atoms with Crippen LogP contribution in [-0.2, 0) is 17.8 Å². The molecule has 4 rings (SSSR count). The number of likely N-dealkylation sites (tertiary alicyclic amines) is 1. The van der Waals surface area contributed by atoms with Crippen LogP contribution in [0.5, 0.6) is 11.5 Å². The molecule has 0 amide bonds. The summed E-state index contributed by atoms with van der Waals surface area (Å²) in [6.45, 7) is 1.77. The van der Waals surface area contributed by atoms with Crippen molar-refractivity contribution < 1.29 is 23.8 Å². The number of nitrogens with zero attached hydrogens (tertiary/aromatic N) is 1. The van der Waals surface area contributed by atoms with Crippen LogP contribution in [0.15, 0.2) is 48.5 Å². The number of methoxy groups -OCH3 is 2. The fourth-order valence-electron chi connectivity index (χ4n) is 4.61. The van der Waals surface area contributed by atoms with Crippen molar-refractivity contribution in [2.24, 2.45) is 0 Å². The van der Waals surface area contributed by atoms with Gasteiger partial charge in [-0.15, -0.1) is 0 Å². The van der Waals surface area contributed by atoms with Crippen molar-refractivity contribution in [2.75, 3.05) is 27.3 Å². The molecule has 0 radical (unpaired) electrons. The predicted molar refractivity (Wildman–Crippen MR) is 123 cm³/mol. The summed E-state index contributed by atoms with van der Waals surface area (Å²) in [5.74, 6) is 0.598. The molecule has 0 aromatic heterocycles. The quantitative estimate of drug-likeness (QED) is 0.532. The van der Waals surface area contributed by atoms with E-state index in [1.54, 1.807) is 14.2 Å². The summed E-state index contributed by atoms with van der Waals surface area (Å²) in [4.78, 5) is 13.2. The summed E-state index contributed by atoms with van der Waals surface area (Å²) < 4.78 is 25.3. The van der Waals surface area contributed by atoms with Crippen molar-refractivity contribution in [1.82, 2.24) is 4.90 Å². The van der Waals surface area contributed by atoms with Crippen LogP contribution >= 0.6 is 0 Å². The van der Waals surface area contributed by atoms with E-state index in [9.17, 15) is 9.18 Å². The van der Waals surface area contributed by atoms with Gasteiger partial charge in [-0.25, -0.2) is 4.39 Å². The maximum absolute atomic E-state index is 13.7. The molecular weight excluding hydrogens is 409 g/mol. The van der Waals surface area contributed by atoms with Crippen LogP contribution in [-0.4, -0.2) is 49.5 Å². The van der Waals surface area contributed by atoms with E-state index < -0.39 is 12.1 Å². The van der Waals surface area contributed by atoms with Gasteiger partial charge in [0.1, 0.15) is 17.7 Å². The van der Waals surface area contributed by atoms with Crippen molar-refractivity contribution in [2.45, 2.75) is 32.0 Å². The summed E-state index contributed by atoms with van der Waals surface area (Å²) in [6, 6.07) is 15.9. The lowest BCUT2D eigenvalue weighted by Crippen LogP contribution is -2.21. The van der Waals surface area contributed by atoms with E-state index >= 15 is 0 Å². The summed E-state index contributed by atoms with van der Waals surface area (Å²) in [5.41, 5.74) is 3.79. The monoisotopic (exact) mass is 437 g/mol. The van der Waals surface area contributed by atoms with E-state index in [4.69, 9.17) is 14.6 Å². The average Bonchev–Trinajstić information content (AvgIpc) is 3.21. The highest BCUT2D eigenvalue weighted by atomic mass is 19.1. The number of hydrogen-bond donors (Lipinski definition) is 1. The lowest BCUT2D eigenvalue weighted by atomic mass is 9.92. The standard InChI is InChI=1S/C26H28FNO4/c1-31-23-11-9-18(15-28-14-13-19(27)16-28)26(32-2)25(23)22-8-4-6-20-17(10-12-24(29)30)5-3-7-21(20)22/h3-9,11,19H,10,12-16H2,1-2H3,(H,29,30). The smallest absolute Gasteiger partial charge is 0.303 e. The summed E-state index contributed by atoms with van der Waals surface area (Å²) >= 11 is 0. The minimum atomic E-state index is -0.813. The second kappa shape index (κ2) is 9.57.